The van der Waals surface area contributed by atoms with E-state index in [-0.39, 0.29) is 42.4 Å². The third-order valence-corrected chi connectivity index (χ3v) is 7.47. The van der Waals surface area contributed by atoms with Crippen LogP contribution in [0.3, 0.4) is 0 Å². The van der Waals surface area contributed by atoms with E-state index in [1.165, 1.54) is 70.7 Å². The van der Waals surface area contributed by atoms with Gasteiger partial charge in [-0.15, -0.1) is 0 Å². The molecule has 11 heteroatoms. The molecule has 3 aromatic rings. The van der Waals surface area contributed by atoms with E-state index in [2.05, 4.69) is 5.32 Å². The van der Waals surface area contributed by atoms with Gasteiger partial charge in [0.05, 0.1) is 16.7 Å². The molecule has 2 heterocycles. The first-order valence-electron chi connectivity index (χ1n) is 10.7. The summed E-state index contributed by atoms with van der Waals surface area (Å²) in [5, 5.41) is 0.374. The lowest BCUT2D eigenvalue weighted by atomic mass is 10.1. The maximum Gasteiger partial charge on any atom is 0.288 e. The Morgan fingerprint density at radius 3 is 2.11 bits per heavy atom. The van der Waals surface area contributed by atoms with Crippen molar-refractivity contribution in [3.63, 3.8) is 0 Å². The summed E-state index contributed by atoms with van der Waals surface area (Å²) in [6, 6.07) is 15.7. The minimum Gasteiger partial charge on any atom is -0.459 e. The largest absolute Gasteiger partial charge is 0.459 e. The van der Waals surface area contributed by atoms with E-state index >= 15 is 0 Å². The van der Waals surface area contributed by atoms with Gasteiger partial charge in [0, 0.05) is 26.2 Å². The number of benzene rings is 2. The van der Waals surface area contributed by atoms with Crippen molar-refractivity contribution in [1.82, 2.24) is 15.1 Å². The maximum atomic E-state index is 14.0. The van der Waals surface area contributed by atoms with Crippen molar-refractivity contribution in [3.8, 4) is 0 Å². The molecule has 1 N–H and O–H groups in total. The highest BCUT2D eigenvalue weighted by Gasteiger charge is 2.40. The van der Waals surface area contributed by atoms with Crippen molar-refractivity contribution in [2.45, 2.75) is 10.3 Å². The molecule has 1 aliphatic heterocycles. The molecule has 35 heavy (non-hydrogen) atoms. The number of carbonyl (C=O) groups is 3. The van der Waals surface area contributed by atoms with Gasteiger partial charge >= 0.3 is 0 Å². The van der Waals surface area contributed by atoms with E-state index in [0.29, 0.717) is 0 Å². The summed E-state index contributed by atoms with van der Waals surface area (Å²) in [6.07, 6.45) is 1.25. The number of hydrogen-bond acceptors (Lipinski definition) is 6. The van der Waals surface area contributed by atoms with Crippen LogP contribution in [0.15, 0.2) is 82.3 Å². The second-order valence-corrected chi connectivity index (χ2v) is 9.82. The fraction of sp³-hybridized carbons (Fsp3) is 0.208. The lowest BCUT2D eigenvalue weighted by Gasteiger charge is -2.36. The van der Waals surface area contributed by atoms with Crippen LogP contribution < -0.4 is 5.32 Å². The Labute approximate surface area is 201 Å². The number of nitrogens with one attached hydrogen (secondary N) is 1. The van der Waals surface area contributed by atoms with E-state index in [1.54, 1.807) is 12.1 Å². The van der Waals surface area contributed by atoms with Crippen molar-refractivity contribution in [2.75, 3.05) is 26.2 Å². The van der Waals surface area contributed by atoms with Gasteiger partial charge < -0.3 is 19.5 Å². The third kappa shape index (κ3) is 5.09. The smallest absolute Gasteiger partial charge is 0.288 e. The standard InChI is InChI=1S/C24H22FN3O6S/c25-19-10-5-4-9-18(19)23(30)27-12-14-28(15-13-27)24(31)22(26-21(29)20-11-6-16-34-20)35(32,33)17-7-2-1-3-8-17/h1-11,16,22H,12-15H2,(H,26,29)/t22-/m0/s1. The summed E-state index contributed by atoms with van der Waals surface area (Å²) in [4.78, 5) is 41.1. The second kappa shape index (κ2) is 10.1. The fourth-order valence-corrected chi connectivity index (χ4v) is 5.20. The highest BCUT2D eigenvalue weighted by Crippen LogP contribution is 2.19. The first-order valence-corrected chi connectivity index (χ1v) is 12.3. The van der Waals surface area contributed by atoms with Crippen LogP contribution in [-0.2, 0) is 14.6 Å². The summed E-state index contributed by atoms with van der Waals surface area (Å²) in [5.74, 6) is -3.01. The number of amides is 3. The van der Waals surface area contributed by atoms with Gasteiger partial charge in [0.1, 0.15) is 5.82 Å². The number of rotatable bonds is 6. The van der Waals surface area contributed by atoms with Crippen LogP contribution in [0.5, 0.6) is 0 Å². The predicted molar refractivity (Wildman–Crippen MR) is 122 cm³/mol. The summed E-state index contributed by atoms with van der Waals surface area (Å²) in [6.45, 7) is 0.166. The minimum atomic E-state index is -4.31. The van der Waals surface area contributed by atoms with E-state index in [4.69, 9.17) is 4.42 Å². The first kappa shape index (κ1) is 24.1. The molecule has 9 nitrogen and oxygen atoms in total. The summed E-state index contributed by atoms with van der Waals surface area (Å²) in [7, 11) is -4.31. The lowest BCUT2D eigenvalue weighted by molar-refractivity contribution is -0.132. The van der Waals surface area contributed by atoms with Gasteiger partial charge in [-0.05, 0) is 36.4 Å². The molecule has 1 aliphatic rings. The molecule has 0 radical (unpaired) electrons. The zero-order valence-corrected chi connectivity index (χ0v) is 19.3. The fourth-order valence-electron chi connectivity index (χ4n) is 3.72. The average Bonchev–Trinajstić information content (AvgIpc) is 3.42. The van der Waals surface area contributed by atoms with Crippen LogP contribution in [0, 0.1) is 5.82 Å². The molecule has 0 unspecified atom stereocenters. The Morgan fingerprint density at radius 1 is 0.857 bits per heavy atom. The number of halogens is 1. The normalized spacial score (nSPS) is 14.9. The van der Waals surface area contributed by atoms with Crippen LogP contribution >= 0.6 is 0 Å². The molecule has 3 amide bonds. The monoisotopic (exact) mass is 499 g/mol. The minimum absolute atomic E-state index is 0.0104. The Bertz CT molecular complexity index is 1320. The van der Waals surface area contributed by atoms with Gasteiger partial charge in [0.15, 0.2) is 5.76 Å². The molecule has 2 aromatic carbocycles. The van der Waals surface area contributed by atoms with Crippen LogP contribution in [-0.4, -0.2) is 67.5 Å². The van der Waals surface area contributed by atoms with Crippen molar-refractivity contribution in [3.05, 3.63) is 90.1 Å². The molecule has 1 fully saturated rings. The molecule has 0 bridgehead atoms. The van der Waals surface area contributed by atoms with Crippen molar-refractivity contribution < 1.29 is 31.6 Å². The van der Waals surface area contributed by atoms with E-state index in [1.807, 2.05) is 0 Å². The van der Waals surface area contributed by atoms with Gasteiger partial charge in [-0.1, -0.05) is 30.3 Å². The Kier molecular flexibility index (Phi) is 6.97. The van der Waals surface area contributed by atoms with Crippen LogP contribution in [0.4, 0.5) is 4.39 Å². The number of furan rings is 1. The molecule has 0 aliphatic carbocycles. The number of hydrogen-bond donors (Lipinski definition) is 1. The molecule has 182 valence electrons. The molecule has 1 aromatic heterocycles. The zero-order valence-electron chi connectivity index (χ0n) is 18.5. The summed E-state index contributed by atoms with van der Waals surface area (Å²) >= 11 is 0. The molecule has 0 spiro atoms. The predicted octanol–water partition coefficient (Wildman–Crippen LogP) is 1.93. The second-order valence-electron chi connectivity index (χ2n) is 7.79. The van der Waals surface area contributed by atoms with Gasteiger partial charge in [0.2, 0.25) is 15.2 Å². The number of carbonyl (C=O) groups excluding carboxylic acids is 3. The molecule has 0 saturated carbocycles. The summed E-state index contributed by atoms with van der Waals surface area (Å²) in [5.41, 5.74) is -0.0810. The van der Waals surface area contributed by atoms with Gasteiger partial charge in [0.25, 0.3) is 17.7 Å². The Balaban J connectivity index is 1.53. The van der Waals surface area contributed by atoms with E-state index < -0.39 is 38.7 Å². The third-order valence-electron chi connectivity index (χ3n) is 5.60. The van der Waals surface area contributed by atoms with Crippen molar-refractivity contribution in [2.24, 2.45) is 0 Å². The van der Waals surface area contributed by atoms with Gasteiger partial charge in [-0.25, -0.2) is 12.8 Å². The molecule has 1 saturated heterocycles. The Hall–Kier alpha value is -3.99. The van der Waals surface area contributed by atoms with Gasteiger partial charge in [-0.2, -0.15) is 0 Å². The molecule has 4 rings (SSSR count). The average molecular weight is 500 g/mol. The van der Waals surface area contributed by atoms with Crippen LogP contribution in [0.1, 0.15) is 20.9 Å². The quantitative estimate of drug-likeness (QED) is 0.554. The van der Waals surface area contributed by atoms with Crippen LogP contribution in [0.2, 0.25) is 0 Å². The Morgan fingerprint density at radius 2 is 1.49 bits per heavy atom. The van der Waals surface area contributed by atoms with Crippen molar-refractivity contribution >= 4 is 27.6 Å². The number of sulfone groups is 1. The van der Waals surface area contributed by atoms with E-state index in [0.717, 1.165) is 0 Å². The molecular weight excluding hydrogens is 477 g/mol. The lowest BCUT2D eigenvalue weighted by Crippen LogP contribution is -2.57. The van der Waals surface area contributed by atoms with Gasteiger partial charge in [-0.3, -0.25) is 14.4 Å². The van der Waals surface area contributed by atoms with Crippen molar-refractivity contribution in [1.29, 1.82) is 0 Å². The first-order chi connectivity index (χ1) is 16.8. The molecular formula is C24H22FN3O6S. The maximum absolute atomic E-state index is 14.0. The van der Waals surface area contributed by atoms with E-state index in [9.17, 15) is 27.2 Å². The highest BCUT2D eigenvalue weighted by molar-refractivity contribution is 7.92. The summed E-state index contributed by atoms with van der Waals surface area (Å²) < 4.78 is 45.7. The zero-order chi connectivity index (χ0) is 25.0. The number of nitrogens with zero attached hydrogens (tertiary/aromatic N) is 2. The SMILES string of the molecule is O=C(N[C@H](C(=O)N1CCN(C(=O)c2ccccc2F)CC1)S(=O)(=O)c1ccccc1)c1ccco1. The molecule has 1 atom stereocenters. The highest BCUT2D eigenvalue weighted by atomic mass is 32.2. The number of piperazine rings is 1. The topological polar surface area (TPSA) is 117 Å². The van der Waals surface area contributed by atoms with Crippen LogP contribution in [0.25, 0.3) is 0 Å².